The maximum absolute atomic E-state index is 11.5. The van der Waals surface area contributed by atoms with E-state index >= 15 is 0 Å². The molecule has 0 aliphatic rings. The molecule has 0 fully saturated rings. The monoisotopic (exact) mass is 305 g/mol. The second-order valence-electron chi connectivity index (χ2n) is 5.12. The van der Waals surface area contributed by atoms with Crippen LogP contribution in [0.2, 0.25) is 0 Å². The van der Waals surface area contributed by atoms with Gasteiger partial charge in [0.25, 0.3) is 0 Å². The van der Waals surface area contributed by atoms with Crippen LogP contribution in [0.1, 0.15) is 37.3 Å². The Kier molecular flexibility index (Phi) is 7.85. The summed E-state index contributed by atoms with van der Waals surface area (Å²) in [7, 11) is 1.58. The molecular formula is C16H23N3O3. The van der Waals surface area contributed by atoms with Gasteiger partial charge in [0.2, 0.25) is 0 Å². The number of ether oxygens (including phenoxy) is 1. The molecule has 0 aliphatic carbocycles. The minimum Gasteiger partial charge on any atom is -0.385 e. The van der Waals surface area contributed by atoms with Gasteiger partial charge >= 0.3 is 11.8 Å². The van der Waals surface area contributed by atoms with Crippen molar-refractivity contribution in [3.8, 4) is 0 Å². The Morgan fingerprint density at radius 1 is 1.23 bits per heavy atom. The summed E-state index contributed by atoms with van der Waals surface area (Å²) < 4.78 is 4.85. The number of rotatable bonds is 7. The van der Waals surface area contributed by atoms with E-state index in [2.05, 4.69) is 29.7 Å². The Morgan fingerprint density at radius 3 is 2.50 bits per heavy atom. The first-order chi connectivity index (χ1) is 10.5. The highest BCUT2D eigenvalue weighted by molar-refractivity contribution is 6.35. The molecule has 1 rings (SSSR count). The Bertz CT molecular complexity index is 510. The summed E-state index contributed by atoms with van der Waals surface area (Å²) >= 11 is 0. The van der Waals surface area contributed by atoms with Crippen molar-refractivity contribution in [1.82, 2.24) is 10.7 Å². The lowest BCUT2D eigenvalue weighted by Gasteiger charge is -2.04. The van der Waals surface area contributed by atoms with Gasteiger partial charge in [0.15, 0.2) is 0 Å². The zero-order chi connectivity index (χ0) is 16.4. The quantitative estimate of drug-likeness (QED) is 0.346. The Balaban J connectivity index is 2.37. The number of carbonyl (C=O) groups is 2. The third-order valence-electron chi connectivity index (χ3n) is 3.00. The van der Waals surface area contributed by atoms with Crippen LogP contribution in [0.15, 0.2) is 29.4 Å². The molecule has 0 heterocycles. The highest BCUT2D eigenvalue weighted by atomic mass is 16.5. The summed E-state index contributed by atoms with van der Waals surface area (Å²) in [6.07, 6.45) is 2.15. The van der Waals surface area contributed by atoms with Crippen LogP contribution in [-0.4, -0.2) is 38.3 Å². The SMILES string of the molecule is COCCCNC(=O)C(=O)N/N=C\c1ccc(C(C)C)cc1. The molecule has 1 aromatic carbocycles. The number of amides is 2. The van der Waals surface area contributed by atoms with Crippen LogP contribution < -0.4 is 10.7 Å². The highest BCUT2D eigenvalue weighted by Gasteiger charge is 2.11. The van der Waals surface area contributed by atoms with E-state index in [0.717, 1.165) is 5.56 Å². The van der Waals surface area contributed by atoms with Crippen molar-refractivity contribution in [3.05, 3.63) is 35.4 Å². The molecular weight excluding hydrogens is 282 g/mol. The number of hydrogen-bond donors (Lipinski definition) is 2. The fourth-order valence-corrected chi connectivity index (χ4v) is 1.68. The molecule has 6 nitrogen and oxygen atoms in total. The molecule has 0 unspecified atom stereocenters. The number of nitrogens with one attached hydrogen (secondary N) is 2. The number of carbonyl (C=O) groups excluding carboxylic acids is 2. The van der Waals surface area contributed by atoms with E-state index in [-0.39, 0.29) is 0 Å². The van der Waals surface area contributed by atoms with E-state index in [9.17, 15) is 9.59 Å². The van der Waals surface area contributed by atoms with Gasteiger partial charge in [0, 0.05) is 20.3 Å². The van der Waals surface area contributed by atoms with Gasteiger partial charge in [-0.25, -0.2) is 5.43 Å². The van der Waals surface area contributed by atoms with Crippen molar-refractivity contribution in [3.63, 3.8) is 0 Å². The molecule has 22 heavy (non-hydrogen) atoms. The maximum atomic E-state index is 11.5. The number of nitrogens with zero attached hydrogens (tertiary/aromatic N) is 1. The van der Waals surface area contributed by atoms with Crippen LogP contribution >= 0.6 is 0 Å². The van der Waals surface area contributed by atoms with Gasteiger partial charge in [-0.1, -0.05) is 38.1 Å². The first kappa shape index (κ1) is 17.8. The Morgan fingerprint density at radius 2 is 1.91 bits per heavy atom. The van der Waals surface area contributed by atoms with Crippen LogP contribution in [0.5, 0.6) is 0 Å². The smallest absolute Gasteiger partial charge is 0.329 e. The van der Waals surface area contributed by atoms with Crippen molar-refractivity contribution in [2.75, 3.05) is 20.3 Å². The predicted octanol–water partition coefficient (Wildman–Crippen LogP) is 1.41. The predicted molar refractivity (Wildman–Crippen MR) is 85.8 cm³/mol. The van der Waals surface area contributed by atoms with Crippen molar-refractivity contribution in [2.24, 2.45) is 5.10 Å². The van der Waals surface area contributed by atoms with Crippen LogP contribution in [-0.2, 0) is 14.3 Å². The first-order valence-electron chi connectivity index (χ1n) is 7.24. The van der Waals surface area contributed by atoms with Crippen LogP contribution in [0, 0.1) is 0 Å². The second kappa shape index (κ2) is 9.68. The summed E-state index contributed by atoms with van der Waals surface area (Å²) in [5.41, 5.74) is 4.28. The largest absolute Gasteiger partial charge is 0.385 e. The Labute approximate surface area is 130 Å². The van der Waals surface area contributed by atoms with Crippen molar-refractivity contribution in [1.29, 1.82) is 0 Å². The summed E-state index contributed by atoms with van der Waals surface area (Å²) in [6, 6.07) is 7.85. The number of methoxy groups -OCH3 is 1. The average molecular weight is 305 g/mol. The molecule has 0 atom stereocenters. The number of benzene rings is 1. The summed E-state index contributed by atoms with van der Waals surface area (Å²) in [5.74, 6) is -1.02. The lowest BCUT2D eigenvalue weighted by atomic mass is 10.0. The molecule has 120 valence electrons. The van der Waals surface area contributed by atoms with Crippen LogP contribution in [0.25, 0.3) is 0 Å². The van der Waals surface area contributed by atoms with Gasteiger partial charge in [-0.05, 0) is 23.5 Å². The van der Waals surface area contributed by atoms with Gasteiger partial charge < -0.3 is 10.1 Å². The summed E-state index contributed by atoms with van der Waals surface area (Å²) in [4.78, 5) is 22.9. The van der Waals surface area contributed by atoms with Gasteiger partial charge in [0.05, 0.1) is 6.21 Å². The molecule has 0 aliphatic heterocycles. The molecule has 1 aromatic rings. The standard InChI is InChI=1S/C16H23N3O3/c1-12(2)14-7-5-13(6-8-14)11-18-19-16(21)15(20)17-9-4-10-22-3/h5-8,11-12H,4,9-10H2,1-3H3,(H,17,20)(H,19,21)/b18-11-. The van der Waals surface area contributed by atoms with E-state index in [1.165, 1.54) is 11.8 Å². The molecule has 0 saturated heterocycles. The number of hydrogen-bond acceptors (Lipinski definition) is 4. The zero-order valence-corrected chi connectivity index (χ0v) is 13.3. The average Bonchev–Trinajstić information content (AvgIpc) is 2.51. The normalized spacial score (nSPS) is 10.9. The van der Waals surface area contributed by atoms with Gasteiger partial charge in [-0.2, -0.15) is 5.10 Å². The fraction of sp³-hybridized carbons (Fsp3) is 0.438. The van der Waals surface area contributed by atoms with E-state index in [1.54, 1.807) is 7.11 Å². The lowest BCUT2D eigenvalue weighted by Crippen LogP contribution is -2.38. The van der Waals surface area contributed by atoms with E-state index in [4.69, 9.17) is 4.74 Å². The third-order valence-corrected chi connectivity index (χ3v) is 3.00. The molecule has 0 saturated carbocycles. The molecule has 2 amide bonds. The van der Waals surface area contributed by atoms with Gasteiger partial charge in [0.1, 0.15) is 0 Å². The Hall–Kier alpha value is -2.21. The van der Waals surface area contributed by atoms with E-state index in [1.807, 2.05) is 24.3 Å². The highest BCUT2D eigenvalue weighted by Crippen LogP contribution is 2.13. The van der Waals surface area contributed by atoms with Gasteiger partial charge in [-0.15, -0.1) is 0 Å². The summed E-state index contributed by atoms with van der Waals surface area (Å²) in [6.45, 7) is 5.16. The molecule has 6 heteroatoms. The van der Waals surface area contributed by atoms with E-state index < -0.39 is 11.8 Å². The second-order valence-corrected chi connectivity index (χ2v) is 5.12. The minimum atomic E-state index is -0.785. The van der Waals surface area contributed by atoms with Crippen molar-refractivity contribution in [2.45, 2.75) is 26.2 Å². The molecule has 0 bridgehead atoms. The van der Waals surface area contributed by atoms with Crippen LogP contribution in [0.4, 0.5) is 0 Å². The van der Waals surface area contributed by atoms with E-state index in [0.29, 0.717) is 25.5 Å². The fourth-order valence-electron chi connectivity index (χ4n) is 1.68. The van der Waals surface area contributed by atoms with Gasteiger partial charge in [-0.3, -0.25) is 9.59 Å². The molecule has 0 aromatic heterocycles. The third kappa shape index (κ3) is 6.49. The minimum absolute atomic E-state index is 0.389. The zero-order valence-electron chi connectivity index (χ0n) is 13.3. The molecule has 0 radical (unpaired) electrons. The first-order valence-corrected chi connectivity index (χ1v) is 7.24. The van der Waals surface area contributed by atoms with Crippen molar-refractivity contribution < 1.29 is 14.3 Å². The topological polar surface area (TPSA) is 79.8 Å². The number of hydrazone groups is 1. The lowest BCUT2D eigenvalue weighted by molar-refractivity contribution is -0.139. The molecule has 0 spiro atoms. The maximum Gasteiger partial charge on any atom is 0.329 e. The van der Waals surface area contributed by atoms with Crippen molar-refractivity contribution >= 4 is 18.0 Å². The summed E-state index contributed by atoms with van der Waals surface area (Å²) in [5, 5.41) is 6.25. The molecule has 2 N–H and O–H groups in total. The van der Waals surface area contributed by atoms with Crippen LogP contribution in [0.3, 0.4) is 0 Å².